The molecule has 2 aliphatic rings. The second-order valence-electron chi connectivity index (χ2n) is 9.99. The van der Waals surface area contributed by atoms with Crippen molar-refractivity contribution in [2.75, 3.05) is 17.2 Å². The summed E-state index contributed by atoms with van der Waals surface area (Å²) in [6.45, 7) is 4.39. The van der Waals surface area contributed by atoms with Crippen LogP contribution in [0.4, 0.5) is 11.8 Å². The number of nitrogens with one attached hydrogen (secondary N) is 2. The lowest BCUT2D eigenvalue weighted by molar-refractivity contribution is 0.229. The number of hydrogen-bond acceptors (Lipinski definition) is 8. The van der Waals surface area contributed by atoms with E-state index in [1.54, 1.807) is 23.7 Å². The summed E-state index contributed by atoms with van der Waals surface area (Å²) in [7, 11) is 0. The molecule has 180 valence electrons. The smallest absolute Gasteiger partial charge is 0.225 e. The summed E-state index contributed by atoms with van der Waals surface area (Å²) < 4.78 is 1.10. The van der Waals surface area contributed by atoms with Crippen LogP contribution in [0.3, 0.4) is 0 Å². The molecule has 2 atom stereocenters. The van der Waals surface area contributed by atoms with Crippen molar-refractivity contribution in [3.05, 3.63) is 59.5 Å². The topological polar surface area (TPSA) is 95.9 Å². The van der Waals surface area contributed by atoms with E-state index in [0.29, 0.717) is 11.9 Å². The third-order valence-electron chi connectivity index (χ3n) is 7.34. The number of aryl methyl sites for hydroxylation is 2. The molecule has 8 heteroatoms. The molecule has 2 aliphatic carbocycles. The first-order chi connectivity index (χ1) is 17.0. The highest BCUT2D eigenvalue weighted by Gasteiger charge is 2.45. The number of aliphatic hydroxyl groups is 1. The van der Waals surface area contributed by atoms with Crippen LogP contribution in [0.25, 0.3) is 20.8 Å². The van der Waals surface area contributed by atoms with Crippen LogP contribution >= 0.6 is 11.3 Å². The quantitative estimate of drug-likeness (QED) is 0.320. The molecule has 3 aromatic heterocycles. The maximum Gasteiger partial charge on any atom is 0.225 e. The number of thiazole rings is 1. The normalized spacial score (nSPS) is 20.8. The van der Waals surface area contributed by atoms with E-state index < -0.39 is 0 Å². The summed E-state index contributed by atoms with van der Waals surface area (Å²) in [4.78, 5) is 19.0. The molecule has 7 nitrogen and oxygen atoms in total. The molecule has 4 aromatic rings. The number of benzene rings is 1. The van der Waals surface area contributed by atoms with Gasteiger partial charge in [0.15, 0.2) is 0 Å². The number of hydrogen-bond donors (Lipinski definition) is 3. The molecular formula is C27H30N6OS. The Balaban J connectivity index is 1.37. The maximum absolute atomic E-state index is 9.63. The number of aliphatic hydroxyl groups excluding tert-OH is 1. The summed E-state index contributed by atoms with van der Waals surface area (Å²) in [5.74, 6) is 1.81. The first-order valence-electron chi connectivity index (χ1n) is 12.4. The Kier molecular flexibility index (Phi) is 5.65. The number of fused-ring (bicyclic) bond motifs is 1. The first-order valence-corrected chi connectivity index (χ1v) is 13.2. The highest BCUT2D eigenvalue weighted by molar-refractivity contribution is 7.21. The van der Waals surface area contributed by atoms with Gasteiger partial charge in [0.05, 0.1) is 27.7 Å². The van der Waals surface area contributed by atoms with Gasteiger partial charge in [-0.1, -0.05) is 29.8 Å². The van der Waals surface area contributed by atoms with E-state index in [1.807, 2.05) is 13.0 Å². The molecule has 0 radical (unpaired) electrons. The summed E-state index contributed by atoms with van der Waals surface area (Å²) in [6.07, 6.45) is 8.72. The van der Waals surface area contributed by atoms with E-state index in [-0.39, 0.29) is 18.2 Å². The predicted molar refractivity (Wildman–Crippen MR) is 141 cm³/mol. The second-order valence-corrected chi connectivity index (χ2v) is 11.0. The van der Waals surface area contributed by atoms with Crippen LogP contribution in [0.15, 0.2) is 42.7 Å². The van der Waals surface area contributed by atoms with Gasteiger partial charge in [0, 0.05) is 18.8 Å². The molecule has 0 saturated heterocycles. The third-order valence-corrected chi connectivity index (χ3v) is 8.39. The first kappa shape index (κ1) is 22.4. The van der Waals surface area contributed by atoms with E-state index in [2.05, 4.69) is 46.8 Å². The minimum absolute atomic E-state index is 0.101. The fourth-order valence-electron chi connectivity index (χ4n) is 5.14. The third kappa shape index (κ3) is 4.36. The van der Waals surface area contributed by atoms with Crippen LogP contribution in [0, 0.1) is 19.8 Å². The van der Waals surface area contributed by atoms with Crippen molar-refractivity contribution in [1.29, 1.82) is 0 Å². The zero-order valence-electron chi connectivity index (χ0n) is 20.1. The van der Waals surface area contributed by atoms with Gasteiger partial charge in [-0.3, -0.25) is 4.98 Å². The van der Waals surface area contributed by atoms with Crippen molar-refractivity contribution >= 4 is 33.3 Å². The molecule has 3 N–H and O–H groups in total. The van der Waals surface area contributed by atoms with Gasteiger partial charge in [0.1, 0.15) is 16.3 Å². The fourth-order valence-corrected chi connectivity index (χ4v) is 6.17. The molecule has 0 aliphatic heterocycles. The Morgan fingerprint density at radius 1 is 1.06 bits per heavy atom. The van der Waals surface area contributed by atoms with Crippen LogP contribution in [-0.2, 0) is 5.54 Å². The molecule has 0 bridgehead atoms. The second kappa shape index (κ2) is 8.84. The van der Waals surface area contributed by atoms with Crippen LogP contribution in [0.2, 0.25) is 0 Å². The highest BCUT2D eigenvalue weighted by Crippen LogP contribution is 2.48. The SMILES string of the molecule is Cc1ccc(C2(Nc3nc(C)c(-c4nc5cnccc5s4)c(NC4CCC(CO)C4)n3)CC2)cc1. The van der Waals surface area contributed by atoms with E-state index in [4.69, 9.17) is 15.0 Å². The van der Waals surface area contributed by atoms with E-state index in [1.165, 1.54) is 11.1 Å². The summed E-state index contributed by atoms with van der Waals surface area (Å²) >= 11 is 1.64. The average molecular weight is 487 g/mol. The van der Waals surface area contributed by atoms with Crippen LogP contribution in [-0.4, -0.2) is 37.7 Å². The number of nitrogens with zero attached hydrogens (tertiary/aromatic N) is 4. The molecule has 0 amide bonds. The van der Waals surface area contributed by atoms with Crippen molar-refractivity contribution in [2.24, 2.45) is 5.92 Å². The van der Waals surface area contributed by atoms with Gasteiger partial charge < -0.3 is 15.7 Å². The zero-order valence-corrected chi connectivity index (χ0v) is 20.9. The van der Waals surface area contributed by atoms with Crippen LogP contribution < -0.4 is 10.6 Å². The molecule has 0 spiro atoms. The molecule has 2 unspecified atom stereocenters. The zero-order chi connectivity index (χ0) is 24.0. The minimum atomic E-state index is -0.101. The summed E-state index contributed by atoms with van der Waals surface area (Å²) in [5.41, 5.74) is 5.17. The van der Waals surface area contributed by atoms with E-state index in [9.17, 15) is 5.11 Å². The lowest BCUT2D eigenvalue weighted by Crippen LogP contribution is -2.23. The maximum atomic E-state index is 9.63. The molecule has 3 heterocycles. The van der Waals surface area contributed by atoms with E-state index in [0.717, 1.165) is 64.4 Å². The van der Waals surface area contributed by atoms with Crippen molar-refractivity contribution in [3.8, 4) is 10.6 Å². The molecular weight excluding hydrogens is 456 g/mol. The Hall–Kier alpha value is -3.10. The number of pyridine rings is 1. The average Bonchev–Trinajstić information content (AvgIpc) is 3.28. The highest BCUT2D eigenvalue weighted by atomic mass is 32.1. The van der Waals surface area contributed by atoms with Crippen LogP contribution in [0.1, 0.15) is 48.9 Å². The molecule has 2 saturated carbocycles. The number of rotatable bonds is 7. The fraction of sp³-hybridized carbons (Fsp3) is 0.407. The van der Waals surface area contributed by atoms with Gasteiger partial charge in [0.2, 0.25) is 5.95 Å². The van der Waals surface area contributed by atoms with Gasteiger partial charge in [-0.05, 0) is 63.5 Å². The van der Waals surface area contributed by atoms with Crippen molar-refractivity contribution < 1.29 is 5.11 Å². The number of aromatic nitrogens is 4. The van der Waals surface area contributed by atoms with Gasteiger partial charge in [0.25, 0.3) is 0 Å². The number of anilines is 2. The standard InChI is InChI=1S/C27H30N6OS/c1-16-3-6-19(7-4-16)27(10-11-27)33-26-29-17(2)23(25-31-21-14-28-12-9-22(21)35-25)24(32-26)30-20-8-5-18(13-20)15-34/h3-4,6-7,9,12,14,18,20,34H,5,8,10-11,13,15H2,1-2H3,(H2,29,30,32,33). The molecule has 1 aromatic carbocycles. The molecule has 2 fully saturated rings. The molecule has 35 heavy (non-hydrogen) atoms. The van der Waals surface area contributed by atoms with Crippen molar-refractivity contribution in [2.45, 2.75) is 57.5 Å². The Labute approximate surface area is 209 Å². The van der Waals surface area contributed by atoms with Crippen LogP contribution in [0.5, 0.6) is 0 Å². The van der Waals surface area contributed by atoms with Gasteiger partial charge >= 0.3 is 0 Å². The van der Waals surface area contributed by atoms with Crippen molar-refractivity contribution in [3.63, 3.8) is 0 Å². The Bertz CT molecular complexity index is 1330. The summed E-state index contributed by atoms with van der Waals surface area (Å²) in [6, 6.07) is 11.0. The largest absolute Gasteiger partial charge is 0.396 e. The van der Waals surface area contributed by atoms with E-state index >= 15 is 0 Å². The summed E-state index contributed by atoms with van der Waals surface area (Å²) in [5, 5.41) is 17.9. The minimum Gasteiger partial charge on any atom is -0.396 e. The lowest BCUT2D eigenvalue weighted by Gasteiger charge is -2.22. The Morgan fingerprint density at radius 2 is 1.89 bits per heavy atom. The Morgan fingerprint density at radius 3 is 2.60 bits per heavy atom. The van der Waals surface area contributed by atoms with Gasteiger partial charge in [-0.25, -0.2) is 9.97 Å². The lowest BCUT2D eigenvalue weighted by atomic mass is 10.0. The molecule has 6 rings (SSSR count). The predicted octanol–water partition coefficient (Wildman–Crippen LogP) is 5.44. The monoisotopic (exact) mass is 486 g/mol. The van der Waals surface area contributed by atoms with Crippen molar-refractivity contribution in [1.82, 2.24) is 19.9 Å². The van der Waals surface area contributed by atoms with Gasteiger partial charge in [-0.2, -0.15) is 4.98 Å². The van der Waals surface area contributed by atoms with Gasteiger partial charge in [-0.15, -0.1) is 11.3 Å².